The number of carbonyl (C=O) groups is 1. The topological polar surface area (TPSA) is 69.2 Å². The number of guanidine groups is 1. The van der Waals surface area contributed by atoms with Gasteiger partial charge in [-0.05, 0) is 40.5 Å². The number of ether oxygens (including phenoxy) is 1. The van der Waals surface area contributed by atoms with Crippen LogP contribution in [-0.4, -0.2) is 86.7 Å². The molecule has 1 aliphatic carbocycles. The molecular weight excluding hydrogens is 481 g/mol. The molecule has 1 heterocycles. The van der Waals surface area contributed by atoms with E-state index in [9.17, 15) is 4.79 Å². The van der Waals surface area contributed by atoms with E-state index >= 15 is 0 Å². The number of aliphatic imine (C=N–C) groups is 1. The van der Waals surface area contributed by atoms with Crippen LogP contribution in [0.25, 0.3) is 0 Å². The van der Waals surface area contributed by atoms with E-state index in [-0.39, 0.29) is 53.0 Å². The molecule has 2 aliphatic rings. The fourth-order valence-corrected chi connectivity index (χ4v) is 4.55. The van der Waals surface area contributed by atoms with Gasteiger partial charge in [0.05, 0.1) is 17.6 Å². The zero-order chi connectivity index (χ0) is 20.9. The minimum absolute atomic E-state index is 0. The van der Waals surface area contributed by atoms with Crippen LogP contribution in [0.15, 0.2) is 4.99 Å². The summed E-state index contributed by atoms with van der Waals surface area (Å²) < 4.78 is 5.87. The average Bonchev–Trinajstić information content (AvgIpc) is 3.10. The number of amides is 1. The predicted octanol–water partition coefficient (Wildman–Crippen LogP) is 2.31. The minimum atomic E-state index is -0.300. The zero-order valence-corrected chi connectivity index (χ0v) is 21.7. The summed E-state index contributed by atoms with van der Waals surface area (Å²) in [5.74, 6) is 0.991. The van der Waals surface area contributed by atoms with Gasteiger partial charge in [0.2, 0.25) is 5.91 Å². The van der Waals surface area contributed by atoms with Crippen molar-refractivity contribution in [1.29, 1.82) is 0 Å². The fourth-order valence-electron chi connectivity index (χ4n) is 4.55. The zero-order valence-electron chi connectivity index (χ0n) is 19.4. The van der Waals surface area contributed by atoms with E-state index in [2.05, 4.69) is 48.2 Å². The summed E-state index contributed by atoms with van der Waals surface area (Å²) in [7, 11) is 5.49. The Kier molecular flexibility index (Phi) is 10.1. The molecule has 2 rings (SSSR count). The molecule has 2 fully saturated rings. The summed E-state index contributed by atoms with van der Waals surface area (Å²) in [5, 5.41) is 6.91. The van der Waals surface area contributed by atoms with Crippen LogP contribution < -0.4 is 10.6 Å². The lowest BCUT2D eigenvalue weighted by Gasteiger charge is -2.45. The summed E-state index contributed by atoms with van der Waals surface area (Å²) in [4.78, 5) is 21.4. The van der Waals surface area contributed by atoms with Gasteiger partial charge in [0.1, 0.15) is 0 Å². The van der Waals surface area contributed by atoms with Crippen LogP contribution in [0, 0.1) is 5.41 Å². The lowest BCUT2D eigenvalue weighted by molar-refractivity contribution is -0.138. The Hall–Kier alpha value is -0.610. The van der Waals surface area contributed by atoms with Crippen LogP contribution in [0.4, 0.5) is 0 Å². The highest BCUT2D eigenvalue weighted by atomic mass is 127. The molecule has 8 heteroatoms. The van der Waals surface area contributed by atoms with Crippen molar-refractivity contribution < 1.29 is 9.53 Å². The van der Waals surface area contributed by atoms with E-state index in [1.807, 2.05) is 14.1 Å². The molecule has 2 unspecified atom stereocenters. The molecule has 0 aromatic carbocycles. The van der Waals surface area contributed by atoms with Gasteiger partial charge in [0.15, 0.2) is 5.96 Å². The Bertz CT molecular complexity index is 551. The van der Waals surface area contributed by atoms with Crippen molar-refractivity contribution in [2.75, 3.05) is 47.3 Å². The van der Waals surface area contributed by atoms with E-state index in [0.29, 0.717) is 6.54 Å². The van der Waals surface area contributed by atoms with Gasteiger partial charge >= 0.3 is 0 Å². The molecule has 1 saturated carbocycles. The molecule has 0 aromatic heterocycles. The molecule has 1 aliphatic heterocycles. The normalized spacial score (nSPS) is 25.3. The first kappa shape index (κ1) is 26.4. The van der Waals surface area contributed by atoms with Crippen LogP contribution in [0.3, 0.4) is 0 Å². The van der Waals surface area contributed by atoms with Gasteiger partial charge in [-0.2, -0.15) is 0 Å². The second-order valence-electron chi connectivity index (χ2n) is 9.44. The van der Waals surface area contributed by atoms with Crippen molar-refractivity contribution in [3.05, 3.63) is 0 Å². The third-order valence-corrected chi connectivity index (χ3v) is 6.20. The molecule has 2 N–H and O–H groups in total. The summed E-state index contributed by atoms with van der Waals surface area (Å²) in [6, 6.07) is 0. The Morgan fingerprint density at radius 2 is 1.72 bits per heavy atom. The highest BCUT2D eigenvalue weighted by Crippen LogP contribution is 2.38. The van der Waals surface area contributed by atoms with Crippen molar-refractivity contribution in [1.82, 2.24) is 20.4 Å². The van der Waals surface area contributed by atoms with Gasteiger partial charge in [-0.3, -0.25) is 14.7 Å². The Morgan fingerprint density at radius 1 is 1.17 bits per heavy atom. The molecule has 0 aromatic rings. The van der Waals surface area contributed by atoms with Gasteiger partial charge in [0, 0.05) is 52.9 Å². The molecular formula is C21H42IN5O2. The lowest BCUT2D eigenvalue weighted by atomic mass is 9.84. The fraction of sp³-hybridized carbons (Fsp3) is 0.905. The lowest BCUT2D eigenvalue weighted by Crippen LogP contribution is -2.59. The van der Waals surface area contributed by atoms with Gasteiger partial charge in [-0.25, -0.2) is 0 Å². The molecule has 0 spiro atoms. The van der Waals surface area contributed by atoms with Crippen LogP contribution >= 0.6 is 24.0 Å². The van der Waals surface area contributed by atoms with E-state index in [4.69, 9.17) is 4.74 Å². The largest absolute Gasteiger partial charge is 0.373 e. The van der Waals surface area contributed by atoms with Gasteiger partial charge in [-0.15, -0.1) is 24.0 Å². The van der Waals surface area contributed by atoms with Crippen molar-refractivity contribution in [2.45, 2.75) is 71.1 Å². The number of carbonyl (C=O) groups excluding carboxylic acids is 1. The number of hydrogen-bond donors (Lipinski definition) is 2. The molecule has 0 radical (unpaired) electrons. The highest BCUT2D eigenvalue weighted by Gasteiger charge is 2.42. The number of halogens is 1. The van der Waals surface area contributed by atoms with Crippen molar-refractivity contribution >= 4 is 35.8 Å². The first-order valence-electron chi connectivity index (χ1n) is 10.7. The van der Waals surface area contributed by atoms with Gasteiger partial charge in [-0.1, -0.05) is 12.8 Å². The van der Waals surface area contributed by atoms with Crippen LogP contribution in [0.1, 0.15) is 53.4 Å². The quantitative estimate of drug-likeness (QED) is 0.318. The van der Waals surface area contributed by atoms with Crippen LogP contribution in [0.2, 0.25) is 0 Å². The van der Waals surface area contributed by atoms with Gasteiger partial charge < -0.3 is 20.3 Å². The maximum absolute atomic E-state index is 12.8. The van der Waals surface area contributed by atoms with E-state index in [1.165, 1.54) is 0 Å². The Morgan fingerprint density at radius 3 is 2.21 bits per heavy atom. The molecule has 2 atom stereocenters. The van der Waals surface area contributed by atoms with E-state index in [0.717, 1.165) is 51.3 Å². The SMILES string of the molecule is CN=C(NCC1(C(=O)N(C)C)CCCC1)NCC(C)(C)N1CC(C)OC(C)C1.I. The second-order valence-corrected chi connectivity index (χ2v) is 9.44. The molecule has 7 nitrogen and oxygen atoms in total. The minimum Gasteiger partial charge on any atom is -0.373 e. The van der Waals surface area contributed by atoms with E-state index < -0.39 is 0 Å². The number of morpholine rings is 1. The van der Waals surface area contributed by atoms with E-state index in [1.54, 1.807) is 11.9 Å². The first-order valence-corrected chi connectivity index (χ1v) is 10.7. The summed E-state index contributed by atoms with van der Waals surface area (Å²) >= 11 is 0. The van der Waals surface area contributed by atoms with Gasteiger partial charge in [0.25, 0.3) is 0 Å². The summed E-state index contributed by atoms with van der Waals surface area (Å²) in [5.41, 5.74) is -0.319. The standard InChI is InChI=1S/C21H41N5O2.HI/c1-16-12-26(13-17(2)28-16)20(3,4)14-23-19(22-5)24-15-21(10-8-9-11-21)18(27)25(6)7;/h16-17H,8-15H2,1-7H3,(H2,22,23,24);1H. The smallest absolute Gasteiger partial charge is 0.230 e. The van der Waals surface area contributed by atoms with Crippen molar-refractivity contribution in [3.8, 4) is 0 Å². The molecule has 1 saturated heterocycles. The number of hydrogen-bond acceptors (Lipinski definition) is 4. The molecule has 0 bridgehead atoms. The third kappa shape index (κ3) is 6.95. The van der Waals surface area contributed by atoms with Crippen molar-refractivity contribution in [3.63, 3.8) is 0 Å². The predicted molar refractivity (Wildman–Crippen MR) is 130 cm³/mol. The monoisotopic (exact) mass is 523 g/mol. The maximum atomic E-state index is 12.8. The second kappa shape index (κ2) is 11.1. The molecule has 1 amide bonds. The Labute approximate surface area is 194 Å². The summed E-state index contributed by atoms with van der Waals surface area (Å²) in [6.45, 7) is 12.1. The number of nitrogens with one attached hydrogen (secondary N) is 2. The third-order valence-electron chi connectivity index (χ3n) is 6.20. The number of rotatable bonds is 6. The maximum Gasteiger partial charge on any atom is 0.230 e. The molecule has 170 valence electrons. The Balaban J connectivity index is 0.00000420. The number of nitrogens with zero attached hydrogens (tertiary/aromatic N) is 3. The van der Waals surface area contributed by atoms with Crippen LogP contribution in [0.5, 0.6) is 0 Å². The first-order chi connectivity index (χ1) is 13.1. The highest BCUT2D eigenvalue weighted by molar-refractivity contribution is 14.0. The summed E-state index contributed by atoms with van der Waals surface area (Å²) in [6.07, 6.45) is 4.63. The van der Waals surface area contributed by atoms with Crippen molar-refractivity contribution in [2.24, 2.45) is 10.4 Å². The average molecular weight is 524 g/mol. The molecule has 29 heavy (non-hydrogen) atoms. The van der Waals surface area contributed by atoms with Crippen LogP contribution in [-0.2, 0) is 9.53 Å².